The van der Waals surface area contributed by atoms with Crippen molar-refractivity contribution in [2.45, 2.75) is 72.4 Å². The zero-order valence-corrected chi connectivity index (χ0v) is 17.6. The number of esters is 1. The number of benzene rings is 1. The summed E-state index contributed by atoms with van der Waals surface area (Å²) in [5.74, 6) is 0.305. The van der Waals surface area contributed by atoms with Gasteiger partial charge in [0, 0.05) is 6.42 Å². The van der Waals surface area contributed by atoms with Crippen LogP contribution in [0.15, 0.2) is 12.1 Å². The molecule has 0 aliphatic heterocycles. The van der Waals surface area contributed by atoms with E-state index in [4.69, 9.17) is 14.2 Å². The number of methoxy groups -OCH3 is 1. The van der Waals surface area contributed by atoms with Crippen LogP contribution in [-0.4, -0.2) is 37.4 Å². The molecule has 0 aromatic heterocycles. The van der Waals surface area contributed by atoms with Crippen LogP contribution in [0.4, 0.5) is 4.79 Å². The third-order valence-corrected chi connectivity index (χ3v) is 4.03. The Morgan fingerprint density at radius 3 is 2.22 bits per heavy atom. The van der Waals surface area contributed by atoms with Crippen LogP contribution in [-0.2, 0) is 20.7 Å². The Bertz CT molecular complexity index is 625. The van der Waals surface area contributed by atoms with Crippen LogP contribution in [0, 0.1) is 13.8 Å². The average Bonchev–Trinajstić information content (AvgIpc) is 2.55. The maximum absolute atomic E-state index is 12.6. The van der Waals surface area contributed by atoms with Gasteiger partial charge < -0.3 is 19.5 Å². The van der Waals surface area contributed by atoms with Gasteiger partial charge in [0.2, 0.25) is 0 Å². The van der Waals surface area contributed by atoms with Crippen LogP contribution in [0.3, 0.4) is 0 Å². The minimum atomic E-state index is -0.817. The maximum Gasteiger partial charge on any atom is 0.408 e. The van der Waals surface area contributed by atoms with Crippen molar-refractivity contribution in [2.24, 2.45) is 0 Å². The van der Waals surface area contributed by atoms with E-state index < -0.39 is 23.7 Å². The van der Waals surface area contributed by atoms with Gasteiger partial charge in [0.05, 0.1) is 13.7 Å². The van der Waals surface area contributed by atoms with Gasteiger partial charge in [-0.25, -0.2) is 9.59 Å². The molecule has 0 saturated carbocycles. The van der Waals surface area contributed by atoms with Gasteiger partial charge in [-0.3, -0.25) is 0 Å². The molecule has 0 unspecified atom stereocenters. The van der Waals surface area contributed by atoms with Crippen molar-refractivity contribution >= 4 is 12.1 Å². The number of nitrogens with one attached hydrogen (secondary N) is 1. The highest BCUT2D eigenvalue weighted by atomic mass is 16.6. The number of unbranched alkanes of at least 4 members (excludes halogenated alkanes) is 1. The minimum Gasteiger partial charge on any atom is -0.497 e. The number of carbonyl (C=O) groups is 2. The second-order valence-electron chi connectivity index (χ2n) is 7.66. The first kappa shape index (κ1) is 22.8. The summed E-state index contributed by atoms with van der Waals surface area (Å²) in [5, 5.41) is 2.66. The third kappa shape index (κ3) is 7.89. The molecular weight excluding hydrogens is 346 g/mol. The number of aryl methyl sites for hydroxylation is 2. The predicted molar refractivity (Wildman–Crippen MR) is 105 cm³/mol. The van der Waals surface area contributed by atoms with Crippen molar-refractivity contribution in [3.63, 3.8) is 0 Å². The molecule has 0 aliphatic rings. The van der Waals surface area contributed by atoms with Crippen LogP contribution in [0.2, 0.25) is 0 Å². The molecule has 6 heteroatoms. The highest BCUT2D eigenvalue weighted by molar-refractivity contribution is 5.82. The Hall–Kier alpha value is -2.24. The molecule has 0 bridgehead atoms. The average molecular weight is 379 g/mol. The predicted octanol–water partition coefficient (Wildman–Crippen LogP) is 4.09. The molecule has 1 aromatic carbocycles. The summed E-state index contributed by atoms with van der Waals surface area (Å²) in [6.45, 7) is 11.6. The van der Waals surface area contributed by atoms with E-state index in [2.05, 4.69) is 5.32 Å². The first-order chi connectivity index (χ1) is 12.6. The number of rotatable bonds is 8. The number of amides is 1. The maximum atomic E-state index is 12.6. The van der Waals surface area contributed by atoms with Crippen molar-refractivity contribution < 1.29 is 23.8 Å². The number of ether oxygens (including phenoxy) is 3. The molecule has 27 heavy (non-hydrogen) atoms. The van der Waals surface area contributed by atoms with Crippen molar-refractivity contribution in [2.75, 3.05) is 13.7 Å². The SMILES string of the molecule is CCCCOC(=O)[C@H](Cc1c(C)cc(OC)cc1C)NC(=O)OC(C)(C)C. The van der Waals surface area contributed by atoms with Gasteiger partial charge in [0.1, 0.15) is 17.4 Å². The van der Waals surface area contributed by atoms with E-state index in [-0.39, 0.29) is 0 Å². The van der Waals surface area contributed by atoms with Crippen LogP contribution in [0.1, 0.15) is 57.2 Å². The summed E-state index contributed by atoms with van der Waals surface area (Å²) in [6, 6.07) is 3.01. The van der Waals surface area contributed by atoms with Gasteiger partial charge in [-0.15, -0.1) is 0 Å². The third-order valence-electron chi connectivity index (χ3n) is 4.03. The summed E-state index contributed by atoms with van der Waals surface area (Å²) in [5.41, 5.74) is 2.31. The van der Waals surface area contributed by atoms with E-state index in [9.17, 15) is 9.59 Å². The number of carbonyl (C=O) groups excluding carboxylic acids is 2. The summed E-state index contributed by atoms with van der Waals surface area (Å²) in [7, 11) is 1.62. The van der Waals surface area contributed by atoms with Crippen LogP contribution in [0.25, 0.3) is 0 Å². The lowest BCUT2D eigenvalue weighted by atomic mass is 9.96. The Balaban J connectivity index is 3.00. The lowest BCUT2D eigenvalue weighted by molar-refractivity contribution is -0.146. The highest BCUT2D eigenvalue weighted by Crippen LogP contribution is 2.23. The molecule has 1 aromatic rings. The largest absolute Gasteiger partial charge is 0.497 e. The van der Waals surface area contributed by atoms with E-state index in [1.807, 2.05) is 32.9 Å². The normalized spacial score (nSPS) is 12.3. The molecule has 1 N–H and O–H groups in total. The van der Waals surface area contributed by atoms with E-state index in [0.717, 1.165) is 35.3 Å². The zero-order valence-electron chi connectivity index (χ0n) is 17.6. The van der Waals surface area contributed by atoms with Gasteiger partial charge in [-0.1, -0.05) is 13.3 Å². The van der Waals surface area contributed by atoms with Gasteiger partial charge >= 0.3 is 12.1 Å². The summed E-state index contributed by atoms with van der Waals surface area (Å²) < 4.78 is 15.9. The fourth-order valence-corrected chi connectivity index (χ4v) is 2.66. The highest BCUT2D eigenvalue weighted by Gasteiger charge is 2.27. The quantitative estimate of drug-likeness (QED) is 0.544. The van der Waals surface area contributed by atoms with Crippen molar-refractivity contribution in [1.82, 2.24) is 5.32 Å². The fourth-order valence-electron chi connectivity index (χ4n) is 2.66. The van der Waals surface area contributed by atoms with Crippen LogP contribution in [0.5, 0.6) is 5.75 Å². The molecular formula is C21H33NO5. The minimum absolute atomic E-state index is 0.325. The molecule has 0 heterocycles. The van der Waals surface area contributed by atoms with Crippen LogP contribution < -0.4 is 10.1 Å². The Morgan fingerprint density at radius 1 is 1.15 bits per heavy atom. The first-order valence-electron chi connectivity index (χ1n) is 9.37. The fraction of sp³-hybridized carbons (Fsp3) is 0.619. The molecule has 1 rings (SSSR count). The second kappa shape index (κ2) is 10.2. The molecule has 0 fully saturated rings. The number of alkyl carbamates (subject to hydrolysis) is 1. The van der Waals surface area contributed by atoms with Crippen molar-refractivity contribution in [3.8, 4) is 5.75 Å². The lowest BCUT2D eigenvalue weighted by Crippen LogP contribution is -2.45. The smallest absolute Gasteiger partial charge is 0.408 e. The molecule has 0 saturated heterocycles. The summed E-state index contributed by atoms with van der Waals surface area (Å²) in [6.07, 6.45) is 1.40. The number of hydrogen-bond acceptors (Lipinski definition) is 5. The van der Waals surface area contributed by atoms with Crippen molar-refractivity contribution in [3.05, 3.63) is 28.8 Å². The molecule has 0 radical (unpaired) electrons. The van der Waals surface area contributed by atoms with E-state index in [0.29, 0.717) is 13.0 Å². The molecule has 0 spiro atoms. The lowest BCUT2D eigenvalue weighted by Gasteiger charge is -2.24. The van der Waals surface area contributed by atoms with Gasteiger partial charge in [0.25, 0.3) is 0 Å². The van der Waals surface area contributed by atoms with Gasteiger partial charge in [0.15, 0.2) is 0 Å². The Kier molecular flexibility index (Phi) is 8.60. The van der Waals surface area contributed by atoms with Gasteiger partial charge in [-0.05, 0) is 69.9 Å². The molecule has 6 nitrogen and oxygen atoms in total. The van der Waals surface area contributed by atoms with E-state index >= 15 is 0 Å². The Morgan fingerprint density at radius 2 is 1.74 bits per heavy atom. The monoisotopic (exact) mass is 379 g/mol. The summed E-state index contributed by atoms with van der Waals surface area (Å²) in [4.78, 5) is 24.8. The topological polar surface area (TPSA) is 73.9 Å². The standard InChI is InChI=1S/C21H33NO5/c1-8-9-10-26-19(23)18(22-20(24)27-21(4,5)6)13-17-14(2)11-16(25-7)12-15(17)3/h11-12,18H,8-10,13H2,1-7H3,(H,22,24)/t18-/m0/s1. The molecule has 152 valence electrons. The Labute approximate surface area is 162 Å². The summed E-state index contributed by atoms with van der Waals surface area (Å²) >= 11 is 0. The van der Waals surface area contributed by atoms with Crippen molar-refractivity contribution in [1.29, 1.82) is 0 Å². The van der Waals surface area contributed by atoms with Crippen LogP contribution >= 0.6 is 0 Å². The van der Waals surface area contributed by atoms with Gasteiger partial charge in [-0.2, -0.15) is 0 Å². The van der Waals surface area contributed by atoms with E-state index in [1.54, 1.807) is 27.9 Å². The first-order valence-corrected chi connectivity index (χ1v) is 9.37. The second-order valence-corrected chi connectivity index (χ2v) is 7.66. The van der Waals surface area contributed by atoms with E-state index in [1.165, 1.54) is 0 Å². The molecule has 1 atom stereocenters. The molecule has 0 aliphatic carbocycles. The zero-order chi connectivity index (χ0) is 20.6. The molecule has 1 amide bonds. The number of hydrogen-bond donors (Lipinski definition) is 1.